The summed E-state index contributed by atoms with van der Waals surface area (Å²) in [5.74, 6) is 0.600. The number of hydrogen-bond donors (Lipinski definition) is 1. The normalized spacial score (nSPS) is 8.95. The van der Waals surface area contributed by atoms with Crippen molar-refractivity contribution < 1.29 is 26.7 Å². The number of carbonyl (C=O) groups is 1. The molecule has 0 spiro atoms. The number of amides is 1. The average Bonchev–Trinajstić information content (AvgIpc) is 2.32. The monoisotopic (exact) mass is 285 g/mol. The molecule has 1 rings (SSSR count). The van der Waals surface area contributed by atoms with E-state index in [1.807, 2.05) is 13.8 Å². The van der Waals surface area contributed by atoms with Gasteiger partial charge in [0.25, 0.3) is 0 Å². The number of hydrogen-bond acceptors (Lipinski definition) is 4. The van der Waals surface area contributed by atoms with Gasteiger partial charge in [0.2, 0.25) is 17.0 Å². The second kappa shape index (κ2) is 8.16. The third kappa shape index (κ3) is 4.64. The van der Waals surface area contributed by atoms with Gasteiger partial charge in [-0.25, -0.2) is 0 Å². The number of rotatable bonds is 5. The van der Waals surface area contributed by atoms with Crippen molar-refractivity contribution >= 4 is 17.3 Å². The van der Waals surface area contributed by atoms with Crippen molar-refractivity contribution in [3.63, 3.8) is 0 Å². The van der Waals surface area contributed by atoms with Gasteiger partial charge in [-0.1, -0.05) is 0 Å². The van der Waals surface area contributed by atoms with Crippen LogP contribution in [0.15, 0.2) is 12.1 Å². The number of anilines is 1. The number of nitrogens with zero attached hydrogens (tertiary/aromatic N) is 2. The first-order chi connectivity index (χ1) is 8.62. The topological polar surface area (TPSA) is 75.7 Å². The van der Waals surface area contributed by atoms with Gasteiger partial charge < -0.3 is 27.2 Å². The molecule has 1 aromatic rings. The molecule has 0 bridgehead atoms. The lowest BCUT2D eigenvalue weighted by Crippen LogP contribution is -3.00. The summed E-state index contributed by atoms with van der Waals surface area (Å²) in [6.07, 6.45) is 0. The van der Waals surface area contributed by atoms with Crippen molar-refractivity contribution in [1.29, 1.82) is 5.39 Å². The first-order valence-corrected chi connectivity index (χ1v) is 5.68. The van der Waals surface area contributed by atoms with E-state index in [1.54, 1.807) is 6.07 Å². The highest BCUT2D eigenvalue weighted by Gasteiger charge is 2.21. The molecule has 0 aliphatic heterocycles. The lowest BCUT2D eigenvalue weighted by atomic mass is 10.2. The van der Waals surface area contributed by atoms with E-state index in [4.69, 9.17) is 14.9 Å². The van der Waals surface area contributed by atoms with E-state index in [0.29, 0.717) is 30.4 Å². The van der Waals surface area contributed by atoms with Gasteiger partial charge in [-0.15, -0.1) is 0 Å². The molecule has 104 valence electrons. The molecule has 0 heterocycles. The molecule has 0 aliphatic carbocycles. The zero-order valence-electron chi connectivity index (χ0n) is 11.1. The number of ether oxygens (including phenoxy) is 2. The van der Waals surface area contributed by atoms with Gasteiger partial charge in [-0.05, 0) is 13.8 Å². The Morgan fingerprint density at radius 1 is 1.26 bits per heavy atom. The second-order valence-electron chi connectivity index (χ2n) is 3.46. The van der Waals surface area contributed by atoms with E-state index < -0.39 is 0 Å². The molecule has 0 saturated heterocycles. The molecule has 1 N–H and O–H groups in total. The first kappa shape index (κ1) is 17.0. The summed E-state index contributed by atoms with van der Waals surface area (Å²) >= 11 is 0. The second-order valence-corrected chi connectivity index (χ2v) is 3.46. The van der Waals surface area contributed by atoms with Crippen LogP contribution in [0.2, 0.25) is 0 Å². The largest absolute Gasteiger partial charge is 1.00 e. The predicted molar refractivity (Wildman–Crippen MR) is 67.8 cm³/mol. The fourth-order valence-electron chi connectivity index (χ4n) is 1.46. The van der Waals surface area contributed by atoms with Crippen LogP contribution in [0.25, 0.3) is 4.98 Å². The zero-order chi connectivity index (χ0) is 13.5. The fourth-order valence-corrected chi connectivity index (χ4v) is 1.46. The van der Waals surface area contributed by atoms with E-state index in [2.05, 4.69) is 10.3 Å². The number of diazo groups is 1. The average molecular weight is 286 g/mol. The third-order valence-electron chi connectivity index (χ3n) is 2.08. The molecule has 0 aliphatic rings. The van der Waals surface area contributed by atoms with Crippen LogP contribution in [0.1, 0.15) is 20.8 Å². The summed E-state index contributed by atoms with van der Waals surface area (Å²) in [6.45, 7) is 5.90. The van der Waals surface area contributed by atoms with Crippen LogP contribution in [-0.4, -0.2) is 19.1 Å². The first-order valence-electron chi connectivity index (χ1n) is 5.68. The lowest BCUT2D eigenvalue weighted by molar-refractivity contribution is -0.114. The van der Waals surface area contributed by atoms with Crippen molar-refractivity contribution in [1.82, 2.24) is 0 Å². The Morgan fingerprint density at radius 2 is 1.84 bits per heavy atom. The van der Waals surface area contributed by atoms with Crippen LogP contribution in [0, 0.1) is 5.39 Å². The van der Waals surface area contributed by atoms with Gasteiger partial charge >= 0.3 is 5.69 Å². The molecule has 6 nitrogen and oxygen atoms in total. The maximum atomic E-state index is 11.1. The van der Waals surface area contributed by atoms with Crippen LogP contribution in [0.3, 0.4) is 0 Å². The van der Waals surface area contributed by atoms with Crippen molar-refractivity contribution in [2.75, 3.05) is 18.5 Å². The van der Waals surface area contributed by atoms with Gasteiger partial charge in [-0.2, -0.15) is 0 Å². The Hall–Kier alpha value is -2.00. The SMILES string of the molecule is CCOc1cc(NC(C)=O)c(OCC)cc1[N+]#N.[Cl-]. The number of nitrogens with one attached hydrogen (secondary N) is 1. The van der Waals surface area contributed by atoms with Gasteiger partial charge in [-0.3, -0.25) is 4.79 Å². The third-order valence-corrected chi connectivity index (χ3v) is 2.08. The van der Waals surface area contributed by atoms with E-state index in [1.165, 1.54) is 13.0 Å². The summed E-state index contributed by atoms with van der Waals surface area (Å²) in [7, 11) is 0. The molecule has 19 heavy (non-hydrogen) atoms. The Bertz CT molecular complexity index is 486. The molecule has 0 atom stereocenters. The van der Waals surface area contributed by atoms with Crippen LogP contribution in [0.4, 0.5) is 11.4 Å². The Labute approximate surface area is 118 Å². The number of halogens is 1. The minimum absolute atomic E-state index is 0. The number of benzene rings is 1. The van der Waals surface area contributed by atoms with Crippen molar-refractivity contribution in [2.24, 2.45) is 0 Å². The van der Waals surface area contributed by atoms with E-state index in [-0.39, 0.29) is 24.0 Å². The Kier molecular flexibility index (Phi) is 7.30. The molecule has 1 amide bonds. The highest BCUT2D eigenvalue weighted by Crippen LogP contribution is 2.38. The molecule has 0 aromatic heterocycles. The standard InChI is InChI=1S/C12H15N3O3.ClH/c1-4-17-11-7-10(15-13)12(18-5-2)6-9(11)14-8(3)16;/h6-7H,4-5H2,1-3H3;1H. The summed E-state index contributed by atoms with van der Waals surface area (Å²) in [4.78, 5) is 14.2. The fraction of sp³-hybridized carbons (Fsp3) is 0.417. The van der Waals surface area contributed by atoms with Crippen molar-refractivity contribution in [2.45, 2.75) is 20.8 Å². The quantitative estimate of drug-likeness (QED) is 0.769. The lowest BCUT2D eigenvalue weighted by Gasteiger charge is -2.11. The molecular formula is C12H16ClN3O3. The summed E-state index contributed by atoms with van der Waals surface area (Å²) in [5, 5.41) is 11.6. The summed E-state index contributed by atoms with van der Waals surface area (Å²) < 4.78 is 10.7. The molecule has 0 radical (unpaired) electrons. The zero-order valence-corrected chi connectivity index (χ0v) is 11.8. The smallest absolute Gasteiger partial charge is 0.430 e. The summed E-state index contributed by atoms with van der Waals surface area (Å²) in [5.41, 5.74) is 0.745. The van der Waals surface area contributed by atoms with Crippen LogP contribution in [0.5, 0.6) is 11.5 Å². The minimum Gasteiger partial charge on any atom is -1.00 e. The van der Waals surface area contributed by atoms with Gasteiger partial charge in [0.15, 0.2) is 10.7 Å². The Balaban J connectivity index is 0.00000324. The molecule has 0 fully saturated rings. The number of carbonyl (C=O) groups excluding carboxylic acids is 1. The molecule has 0 saturated carbocycles. The van der Waals surface area contributed by atoms with E-state index >= 15 is 0 Å². The molecule has 0 unspecified atom stereocenters. The van der Waals surface area contributed by atoms with Crippen LogP contribution >= 0.6 is 0 Å². The van der Waals surface area contributed by atoms with Gasteiger partial charge in [0, 0.05) is 13.0 Å². The van der Waals surface area contributed by atoms with Gasteiger partial charge in [0.05, 0.1) is 25.0 Å². The maximum Gasteiger partial charge on any atom is 0.430 e. The van der Waals surface area contributed by atoms with Crippen LogP contribution in [-0.2, 0) is 4.79 Å². The van der Waals surface area contributed by atoms with Crippen LogP contribution < -0.4 is 27.2 Å². The van der Waals surface area contributed by atoms with Gasteiger partial charge in [0.1, 0.15) is 0 Å². The molecule has 1 aromatic carbocycles. The molecule has 7 heteroatoms. The maximum absolute atomic E-state index is 11.1. The minimum atomic E-state index is -0.216. The highest BCUT2D eigenvalue weighted by molar-refractivity contribution is 5.91. The summed E-state index contributed by atoms with van der Waals surface area (Å²) in [6, 6.07) is 3.09. The van der Waals surface area contributed by atoms with Crippen molar-refractivity contribution in [3.8, 4) is 11.5 Å². The predicted octanol–water partition coefficient (Wildman–Crippen LogP) is -0.0690. The van der Waals surface area contributed by atoms with E-state index in [9.17, 15) is 4.79 Å². The highest BCUT2D eigenvalue weighted by atomic mass is 35.5. The Morgan fingerprint density at radius 3 is 2.32 bits per heavy atom. The van der Waals surface area contributed by atoms with E-state index in [0.717, 1.165) is 0 Å². The van der Waals surface area contributed by atoms with Crippen molar-refractivity contribution in [3.05, 3.63) is 17.1 Å². The molecular weight excluding hydrogens is 270 g/mol.